The molecule has 3 nitrogen and oxygen atoms in total. The van der Waals surface area contributed by atoms with E-state index in [0.29, 0.717) is 12.4 Å². The molecule has 0 unspecified atom stereocenters. The maximum absolute atomic E-state index is 11.9. The van der Waals surface area contributed by atoms with Crippen molar-refractivity contribution in [3.8, 4) is 11.4 Å². The van der Waals surface area contributed by atoms with Crippen molar-refractivity contribution in [2.24, 2.45) is 0 Å². The van der Waals surface area contributed by atoms with E-state index in [9.17, 15) is 4.79 Å². The Morgan fingerprint density at radius 3 is 2.47 bits per heavy atom. The first-order valence-corrected chi connectivity index (χ1v) is 5.63. The number of hydrogen-bond acceptors (Lipinski definition) is 2. The molecule has 0 bridgehead atoms. The van der Waals surface area contributed by atoms with Crippen molar-refractivity contribution in [3.63, 3.8) is 0 Å². The molecule has 0 aliphatic rings. The molecule has 0 saturated carbocycles. The summed E-state index contributed by atoms with van der Waals surface area (Å²) in [5, 5.41) is 0. The highest BCUT2D eigenvalue weighted by Gasteiger charge is 2.01. The van der Waals surface area contributed by atoms with Gasteiger partial charge in [-0.3, -0.25) is 9.36 Å². The predicted octanol–water partition coefficient (Wildman–Crippen LogP) is 2.54. The molecule has 0 aliphatic heterocycles. The van der Waals surface area contributed by atoms with Crippen LogP contribution in [0, 0.1) is 6.92 Å². The monoisotopic (exact) mass is 229 g/mol. The summed E-state index contributed by atoms with van der Waals surface area (Å²) in [7, 11) is 0. The van der Waals surface area contributed by atoms with Gasteiger partial charge in [-0.25, -0.2) is 0 Å². The molecule has 88 valence electrons. The number of hydrogen-bond donors (Lipinski definition) is 0. The topological polar surface area (TPSA) is 31.2 Å². The van der Waals surface area contributed by atoms with E-state index in [0.717, 1.165) is 5.69 Å². The smallest absolute Gasteiger partial charge is 0.258 e. The summed E-state index contributed by atoms with van der Waals surface area (Å²) >= 11 is 0. The number of aromatic nitrogens is 1. The fourth-order valence-electron chi connectivity index (χ4n) is 1.64. The van der Waals surface area contributed by atoms with Crippen LogP contribution in [-0.2, 0) is 0 Å². The minimum atomic E-state index is -0.0835. The zero-order chi connectivity index (χ0) is 12.3. The summed E-state index contributed by atoms with van der Waals surface area (Å²) in [6.45, 7) is 4.48. The van der Waals surface area contributed by atoms with E-state index >= 15 is 0 Å². The Morgan fingerprint density at radius 2 is 1.88 bits per heavy atom. The average Bonchev–Trinajstić information content (AvgIpc) is 2.31. The van der Waals surface area contributed by atoms with Gasteiger partial charge >= 0.3 is 0 Å². The Bertz CT molecular complexity index is 555. The molecule has 2 aromatic rings. The van der Waals surface area contributed by atoms with E-state index in [1.165, 1.54) is 11.6 Å². The molecule has 3 heteroatoms. The fraction of sp³-hybridized carbons (Fsp3) is 0.214. The van der Waals surface area contributed by atoms with Crippen molar-refractivity contribution in [3.05, 3.63) is 58.5 Å². The minimum absolute atomic E-state index is 0.0835. The van der Waals surface area contributed by atoms with E-state index in [2.05, 4.69) is 0 Å². The summed E-state index contributed by atoms with van der Waals surface area (Å²) < 4.78 is 6.88. The van der Waals surface area contributed by atoms with Gasteiger partial charge in [0, 0.05) is 18.0 Å². The molecular weight excluding hydrogens is 214 g/mol. The Balaban J connectivity index is 2.40. The van der Waals surface area contributed by atoms with Crippen LogP contribution in [0.15, 0.2) is 47.4 Å². The summed E-state index contributed by atoms with van der Waals surface area (Å²) in [6, 6.07) is 11.1. The van der Waals surface area contributed by atoms with E-state index in [4.69, 9.17) is 4.74 Å². The second-order valence-corrected chi connectivity index (χ2v) is 3.84. The number of benzene rings is 1. The first-order valence-electron chi connectivity index (χ1n) is 5.63. The second-order valence-electron chi connectivity index (χ2n) is 3.84. The highest BCUT2D eigenvalue weighted by molar-refractivity contribution is 5.35. The molecule has 2 rings (SSSR count). The Hall–Kier alpha value is -2.03. The van der Waals surface area contributed by atoms with Crippen molar-refractivity contribution in [2.45, 2.75) is 13.8 Å². The van der Waals surface area contributed by atoms with Gasteiger partial charge in [-0.15, -0.1) is 0 Å². The standard InChI is InChI=1S/C14H15NO2/c1-3-17-13-8-9-15(14(16)10-13)12-6-4-11(2)5-7-12/h4-10H,3H2,1-2H3. The number of ether oxygens (including phenoxy) is 1. The molecule has 1 heterocycles. The predicted molar refractivity (Wildman–Crippen MR) is 67.9 cm³/mol. The number of pyridine rings is 1. The Kier molecular flexibility index (Phi) is 3.28. The molecular formula is C14H15NO2. The summed E-state index contributed by atoms with van der Waals surface area (Å²) in [5.74, 6) is 0.612. The number of aryl methyl sites for hydroxylation is 1. The van der Waals surface area contributed by atoms with Crippen LogP contribution in [0.4, 0.5) is 0 Å². The van der Waals surface area contributed by atoms with E-state index in [1.807, 2.05) is 38.1 Å². The summed E-state index contributed by atoms with van der Waals surface area (Å²) in [4.78, 5) is 11.9. The highest BCUT2D eigenvalue weighted by atomic mass is 16.5. The van der Waals surface area contributed by atoms with Gasteiger partial charge in [0.25, 0.3) is 5.56 Å². The fourth-order valence-corrected chi connectivity index (χ4v) is 1.64. The van der Waals surface area contributed by atoms with Crippen LogP contribution in [-0.4, -0.2) is 11.2 Å². The molecule has 0 amide bonds. The lowest BCUT2D eigenvalue weighted by Gasteiger charge is -2.07. The molecule has 1 aromatic heterocycles. The van der Waals surface area contributed by atoms with Crippen LogP contribution >= 0.6 is 0 Å². The maximum Gasteiger partial charge on any atom is 0.258 e. The van der Waals surface area contributed by atoms with Gasteiger partial charge in [0.2, 0.25) is 0 Å². The highest BCUT2D eigenvalue weighted by Crippen LogP contribution is 2.10. The van der Waals surface area contributed by atoms with Crippen LogP contribution in [0.5, 0.6) is 5.75 Å². The SMILES string of the molecule is CCOc1ccn(-c2ccc(C)cc2)c(=O)c1. The van der Waals surface area contributed by atoms with Crippen molar-refractivity contribution in [1.82, 2.24) is 4.57 Å². The van der Waals surface area contributed by atoms with Crippen molar-refractivity contribution in [2.75, 3.05) is 6.61 Å². The third kappa shape index (κ3) is 2.56. The maximum atomic E-state index is 11.9. The zero-order valence-corrected chi connectivity index (χ0v) is 10.0. The van der Waals surface area contributed by atoms with Gasteiger partial charge in [0.15, 0.2) is 0 Å². The van der Waals surface area contributed by atoms with Crippen LogP contribution in [0.2, 0.25) is 0 Å². The molecule has 17 heavy (non-hydrogen) atoms. The van der Waals surface area contributed by atoms with Crippen molar-refractivity contribution in [1.29, 1.82) is 0 Å². The molecule has 0 spiro atoms. The van der Waals surface area contributed by atoms with Crippen LogP contribution in [0.1, 0.15) is 12.5 Å². The van der Waals surface area contributed by atoms with E-state index in [-0.39, 0.29) is 5.56 Å². The summed E-state index contributed by atoms with van der Waals surface area (Å²) in [6.07, 6.45) is 1.73. The Labute approximate surface area is 100 Å². The third-order valence-corrected chi connectivity index (χ3v) is 2.51. The molecule has 0 saturated heterocycles. The molecule has 1 aromatic carbocycles. The molecule has 0 N–H and O–H groups in total. The number of rotatable bonds is 3. The Morgan fingerprint density at radius 1 is 1.18 bits per heavy atom. The van der Waals surface area contributed by atoms with Crippen molar-refractivity contribution >= 4 is 0 Å². The van der Waals surface area contributed by atoms with Gasteiger partial charge < -0.3 is 4.74 Å². The van der Waals surface area contributed by atoms with Crippen LogP contribution in [0.25, 0.3) is 5.69 Å². The summed E-state index contributed by atoms with van der Waals surface area (Å²) in [5.41, 5.74) is 1.95. The van der Waals surface area contributed by atoms with Crippen molar-refractivity contribution < 1.29 is 4.74 Å². The lowest BCUT2D eigenvalue weighted by molar-refractivity contribution is 0.339. The molecule has 0 atom stereocenters. The van der Waals surface area contributed by atoms with Gasteiger partial charge in [-0.05, 0) is 32.0 Å². The van der Waals surface area contributed by atoms with Gasteiger partial charge in [-0.2, -0.15) is 0 Å². The van der Waals surface area contributed by atoms with Crippen LogP contribution < -0.4 is 10.3 Å². The first kappa shape index (κ1) is 11.5. The van der Waals surface area contributed by atoms with E-state index < -0.39 is 0 Å². The normalized spacial score (nSPS) is 10.2. The third-order valence-electron chi connectivity index (χ3n) is 2.51. The molecule has 0 radical (unpaired) electrons. The largest absolute Gasteiger partial charge is 0.494 e. The average molecular weight is 229 g/mol. The minimum Gasteiger partial charge on any atom is -0.494 e. The lowest BCUT2D eigenvalue weighted by Crippen LogP contribution is -2.16. The van der Waals surface area contributed by atoms with Gasteiger partial charge in [-0.1, -0.05) is 17.7 Å². The van der Waals surface area contributed by atoms with Gasteiger partial charge in [0.1, 0.15) is 5.75 Å². The molecule has 0 aliphatic carbocycles. The zero-order valence-electron chi connectivity index (χ0n) is 10.0. The molecule has 0 fully saturated rings. The quantitative estimate of drug-likeness (QED) is 0.810. The number of nitrogens with zero attached hydrogens (tertiary/aromatic N) is 1. The first-order chi connectivity index (χ1) is 8.20. The van der Waals surface area contributed by atoms with Crippen LogP contribution in [0.3, 0.4) is 0 Å². The lowest BCUT2D eigenvalue weighted by atomic mass is 10.2. The van der Waals surface area contributed by atoms with E-state index in [1.54, 1.807) is 16.8 Å². The second kappa shape index (κ2) is 4.87. The van der Waals surface area contributed by atoms with Gasteiger partial charge in [0.05, 0.1) is 6.61 Å².